The molecule has 5 nitrogen and oxygen atoms in total. The molecule has 94 valence electrons. The van der Waals surface area contributed by atoms with Crippen LogP contribution >= 0.6 is 0 Å². The lowest BCUT2D eigenvalue weighted by Gasteiger charge is -2.21. The van der Waals surface area contributed by atoms with Crippen LogP contribution in [0.1, 0.15) is 24.3 Å². The molecule has 1 aromatic heterocycles. The topological polar surface area (TPSA) is 74.2 Å². The van der Waals surface area contributed by atoms with E-state index in [0.29, 0.717) is 11.6 Å². The predicted octanol–water partition coefficient (Wildman–Crippen LogP) is 0.870. The maximum Gasteiger partial charge on any atom is 0.269 e. The number of hydrogen-bond donors (Lipinski definition) is 3. The molecule has 17 heavy (non-hydrogen) atoms. The second-order valence-electron chi connectivity index (χ2n) is 4.19. The van der Waals surface area contributed by atoms with Crippen molar-refractivity contribution in [3.63, 3.8) is 0 Å². The van der Waals surface area contributed by atoms with E-state index >= 15 is 0 Å². The number of nitrogens with one attached hydrogen (secondary N) is 2. The molecule has 3 N–H and O–H groups in total. The number of amides is 1. The summed E-state index contributed by atoms with van der Waals surface area (Å²) in [7, 11) is 1.56. The van der Waals surface area contributed by atoms with E-state index in [1.54, 1.807) is 25.4 Å². The fourth-order valence-electron chi connectivity index (χ4n) is 1.41. The number of hydrogen-bond acceptors (Lipinski definition) is 4. The summed E-state index contributed by atoms with van der Waals surface area (Å²) >= 11 is 0. The molecule has 0 aromatic carbocycles. The summed E-state index contributed by atoms with van der Waals surface area (Å²) in [4.78, 5) is 15.4. The van der Waals surface area contributed by atoms with Gasteiger partial charge in [-0.3, -0.25) is 9.78 Å². The number of anilines is 1. The second-order valence-corrected chi connectivity index (χ2v) is 4.19. The Hall–Kier alpha value is -1.62. The van der Waals surface area contributed by atoms with Crippen LogP contribution in [0.15, 0.2) is 18.3 Å². The molecule has 0 saturated carbocycles. The number of aliphatic hydroxyl groups excluding tert-OH is 1. The molecule has 5 heteroatoms. The van der Waals surface area contributed by atoms with Crippen LogP contribution in [0, 0.1) is 5.92 Å². The average Bonchev–Trinajstić information content (AvgIpc) is 2.34. The molecule has 0 radical (unpaired) electrons. The average molecular weight is 237 g/mol. The van der Waals surface area contributed by atoms with E-state index < -0.39 is 0 Å². The number of carbonyl (C=O) groups excluding carboxylic acids is 1. The minimum atomic E-state index is -0.223. The Kier molecular flexibility index (Phi) is 4.90. The second kappa shape index (κ2) is 6.20. The Bertz CT molecular complexity index is 380. The first kappa shape index (κ1) is 13.4. The van der Waals surface area contributed by atoms with Crippen LogP contribution in [0.25, 0.3) is 0 Å². The summed E-state index contributed by atoms with van der Waals surface area (Å²) in [5.41, 5.74) is 1.14. The maximum absolute atomic E-state index is 11.4. The van der Waals surface area contributed by atoms with Gasteiger partial charge in [-0.15, -0.1) is 0 Å². The highest BCUT2D eigenvalue weighted by Crippen LogP contribution is 2.13. The summed E-state index contributed by atoms with van der Waals surface area (Å²) in [6, 6.07) is 3.41. The lowest BCUT2D eigenvalue weighted by molar-refractivity contribution is 0.0958. The minimum Gasteiger partial charge on any atom is -0.394 e. The fraction of sp³-hybridized carbons (Fsp3) is 0.500. The number of carbonyl (C=O) groups is 1. The molecule has 0 bridgehead atoms. The molecule has 1 atom stereocenters. The lowest BCUT2D eigenvalue weighted by Crippen LogP contribution is -2.29. The largest absolute Gasteiger partial charge is 0.394 e. The highest BCUT2D eigenvalue weighted by molar-refractivity contribution is 5.92. The van der Waals surface area contributed by atoms with E-state index in [2.05, 4.69) is 15.6 Å². The summed E-state index contributed by atoms with van der Waals surface area (Å²) in [6.07, 6.45) is 1.57. The van der Waals surface area contributed by atoms with E-state index in [-0.39, 0.29) is 18.6 Å². The van der Waals surface area contributed by atoms with Crippen molar-refractivity contribution in [2.24, 2.45) is 5.92 Å². The molecule has 1 amide bonds. The molecule has 0 aliphatic carbocycles. The van der Waals surface area contributed by atoms with Gasteiger partial charge < -0.3 is 15.7 Å². The Morgan fingerprint density at radius 3 is 2.76 bits per heavy atom. The number of rotatable bonds is 5. The summed E-state index contributed by atoms with van der Waals surface area (Å²) in [5, 5.41) is 14.9. The highest BCUT2D eigenvalue weighted by Gasteiger charge is 2.12. The molecule has 0 spiro atoms. The number of nitrogens with zero attached hydrogens (tertiary/aromatic N) is 1. The van der Waals surface area contributed by atoms with E-state index in [1.165, 1.54) is 0 Å². The number of aliphatic hydroxyl groups is 1. The van der Waals surface area contributed by atoms with Gasteiger partial charge in [0.05, 0.1) is 12.6 Å². The molecular formula is C12H19N3O2. The zero-order valence-electron chi connectivity index (χ0n) is 10.4. The molecule has 0 fully saturated rings. The Balaban J connectivity index is 2.81. The van der Waals surface area contributed by atoms with E-state index in [1.807, 2.05) is 13.8 Å². The van der Waals surface area contributed by atoms with Crippen molar-refractivity contribution in [2.75, 3.05) is 19.0 Å². The van der Waals surface area contributed by atoms with Crippen LogP contribution < -0.4 is 10.6 Å². The predicted molar refractivity (Wildman–Crippen MR) is 67.0 cm³/mol. The van der Waals surface area contributed by atoms with Gasteiger partial charge in [-0.25, -0.2) is 0 Å². The molecule has 1 aromatic rings. The van der Waals surface area contributed by atoms with Crippen molar-refractivity contribution in [3.8, 4) is 0 Å². The Labute approximate surface area is 101 Å². The van der Waals surface area contributed by atoms with Crippen LogP contribution in [0.2, 0.25) is 0 Å². The van der Waals surface area contributed by atoms with Crippen LogP contribution in [0.5, 0.6) is 0 Å². The zero-order chi connectivity index (χ0) is 12.8. The summed E-state index contributed by atoms with van der Waals surface area (Å²) < 4.78 is 0. The molecular weight excluding hydrogens is 218 g/mol. The first-order valence-electron chi connectivity index (χ1n) is 5.64. The summed E-state index contributed by atoms with van der Waals surface area (Å²) in [5.74, 6) is 0.0790. The first-order chi connectivity index (χ1) is 8.08. The normalized spacial score (nSPS) is 12.3. The van der Waals surface area contributed by atoms with Gasteiger partial charge in [-0.2, -0.15) is 0 Å². The third kappa shape index (κ3) is 3.71. The van der Waals surface area contributed by atoms with Crippen LogP contribution in [-0.4, -0.2) is 35.7 Å². The minimum absolute atomic E-state index is 0.0325. The quantitative estimate of drug-likeness (QED) is 0.710. The molecule has 1 heterocycles. The van der Waals surface area contributed by atoms with Crippen molar-refractivity contribution in [2.45, 2.75) is 19.9 Å². The molecule has 1 unspecified atom stereocenters. The smallest absolute Gasteiger partial charge is 0.269 e. The number of pyridine rings is 1. The van der Waals surface area contributed by atoms with Gasteiger partial charge in [0.2, 0.25) is 0 Å². The van der Waals surface area contributed by atoms with Gasteiger partial charge in [0.15, 0.2) is 0 Å². The van der Waals surface area contributed by atoms with Crippen molar-refractivity contribution in [1.82, 2.24) is 10.3 Å². The van der Waals surface area contributed by atoms with Crippen molar-refractivity contribution >= 4 is 11.6 Å². The van der Waals surface area contributed by atoms with Gasteiger partial charge in [0, 0.05) is 18.9 Å². The fourth-order valence-corrected chi connectivity index (χ4v) is 1.41. The van der Waals surface area contributed by atoms with Crippen LogP contribution in [0.3, 0.4) is 0 Å². The van der Waals surface area contributed by atoms with E-state index in [4.69, 9.17) is 0 Å². The zero-order valence-corrected chi connectivity index (χ0v) is 10.4. The van der Waals surface area contributed by atoms with Gasteiger partial charge in [0.25, 0.3) is 5.91 Å². The van der Waals surface area contributed by atoms with Gasteiger partial charge >= 0.3 is 0 Å². The van der Waals surface area contributed by atoms with Crippen LogP contribution in [0.4, 0.5) is 5.69 Å². The monoisotopic (exact) mass is 237 g/mol. The van der Waals surface area contributed by atoms with Crippen molar-refractivity contribution in [3.05, 3.63) is 24.0 Å². The Morgan fingerprint density at radius 2 is 2.24 bits per heavy atom. The molecule has 0 saturated heterocycles. The number of aromatic nitrogens is 1. The first-order valence-corrected chi connectivity index (χ1v) is 5.64. The molecule has 0 aliphatic rings. The third-order valence-electron chi connectivity index (χ3n) is 2.57. The highest BCUT2D eigenvalue weighted by atomic mass is 16.3. The lowest BCUT2D eigenvalue weighted by atomic mass is 10.1. The van der Waals surface area contributed by atoms with E-state index in [0.717, 1.165) is 5.69 Å². The van der Waals surface area contributed by atoms with Gasteiger partial charge in [-0.05, 0) is 18.1 Å². The van der Waals surface area contributed by atoms with Gasteiger partial charge in [0.1, 0.15) is 5.69 Å². The standard InChI is InChI=1S/C12H19N3O2/c1-8(2)11(7-16)15-9-4-5-14-10(6-9)12(17)13-3/h4-6,8,11,16H,7H2,1-3H3,(H,13,17)(H,14,15). The molecule has 0 aliphatic heterocycles. The van der Waals surface area contributed by atoms with Crippen molar-refractivity contribution < 1.29 is 9.90 Å². The maximum atomic E-state index is 11.4. The molecule has 1 rings (SSSR count). The van der Waals surface area contributed by atoms with E-state index in [9.17, 15) is 9.90 Å². The van der Waals surface area contributed by atoms with Gasteiger partial charge in [-0.1, -0.05) is 13.8 Å². The third-order valence-corrected chi connectivity index (χ3v) is 2.57. The Morgan fingerprint density at radius 1 is 1.53 bits per heavy atom. The van der Waals surface area contributed by atoms with Crippen LogP contribution in [-0.2, 0) is 0 Å². The van der Waals surface area contributed by atoms with Crippen molar-refractivity contribution in [1.29, 1.82) is 0 Å². The summed E-state index contributed by atoms with van der Waals surface area (Å²) in [6.45, 7) is 4.10. The SMILES string of the molecule is CNC(=O)c1cc(NC(CO)C(C)C)ccn1.